The first-order valence-corrected chi connectivity index (χ1v) is 10.8. The molecular formula is C23H15Cl2FN2O2S. The minimum Gasteiger partial charge on any atom is -0.457 e. The molecule has 0 fully saturated rings. The third-order valence-electron chi connectivity index (χ3n) is 4.38. The molecule has 156 valence electrons. The molecule has 1 heterocycles. The van der Waals surface area contributed by atoms with E-state index < -0.39 is 0 Å². The first-order chi connectivity index (χ1) is 15.0. The fraction of sp³-hybridized carbons (Fsp3) is 0.0435. The maximum absolute atomic E-state index is 13.0. The van der Waals surface area contributed by atoms with Gasteiger partial charge in [-0.1, -0.05) is 41.4 Å². The van der Waals surface area contributed by atoms with Crippen LogP contribution in [0.25, 0.3) is 10.4 Å². The van der Waals surface area contributed by atoms with Crippen molar-refractivity contribution in [2.24, 2.45) is 0 Å². The molecule has 3 aromatic carbocycles. The molecule has 8 heteroatoms. The fourth-order valence-corrected chi connectivity index (χ4v) is 4.24. The SMILES string of the molecule is O=C(NCc1ccc(Oc2ccc(F)cc2)cc1)c1ncsc1-c1ccc(Cl)cc1Cl. The largest absolute Gasteiger partial charge is 0.457 e. The van der Waals surface area contributed by atoms with E-state index in [1.807, 2.05) is 12.1 Å². The van der Waals surface area contributed by atoms with Gasteiger partial charge in [0.2, 0.25) is 0 Å². The van der Waals surface area contributed by atoms with Crippen molar-refractivity contribution in [2.75, 3.05) is 0 Å². The normalized spacial score (nSPS) is 10.7. The third-order valence-corrected chi connectivity index (χ3v) is 5.79. The molecule has 0 aliphatic rings. The lowest BCUT2D eigenvalue weighted by Gasteiger charge is -2.09. The standard InChI is InChI=1S/C23H15Cl2FN2O2S/c24-15-3-10-19(20(25)11-15)22-21(28-13-31-22)23(29)27-12-14-1-6-17(7-2-14)30-18-8-4-16(26)5-9-18/h1-11,13H,12H2,(H,27,29). The Bertz CT molecular complexity index is 1210. The summed E-state index contributed by atoms with van der Waals surface area (Å²) < 4.78 is 18.7. The predicted molar refractivity (Wildman–Crippen MR) is 122 cm³/mol. The predicted octanol–water partition coefficient (Wildman–Crippen LogP) is 6.98. The van der Waals surface area contributed by atoms with Crippen molar-refractivity contribution in [3.63, 3.8) is 0 Å². The van der Waals surface area contributed by atoms with E-state index in [1.54, 1.807) is 48.0 Å². The van der Waals surface area contributed by atoms with E-state index in [9.17, 15) is 9.18 Å². The molecule has 0 atom stereocenters. The zero-order chi connectivity index (χ0) is 21.8. The second-order valence-electron chi connectivity index (χ2n) is 6.54. The number of nitrogens with zero attached hydrogens (tertiary/aromatic N) is 1. The highest BCUT2D eigenvalue weighted by Crippen LogP contribution is 2.35. The molecule has 0 aliphatic heterocycles. The summed E-state index contributed by atoms with van der Waals surface area (Å²) in [6.45, 7) is 0.320. The van der Waals surface area contributed by atoms with E-state index in [2.05, 4.69) is 10.3 Å². The molecule has 4 nitrogen and oxygen atoms in total. The Balaban J connectivity index is 1.40. The summed E-state index contributed by atoms with van der Waals surface area (Å²) in [5, 5.41) is 3.86. The first kappa shape index (κ1) is 21.3. The Labute approximate surface area is 192 Å². The Hall–Kier alpha value is -2.93. The van der Waals surface area contributed by atoms with Crippen LogP contribution in [0.2, 0.25) is 10.0 Å². The van der Waals surface area contributed by atoms with Gasteiger partial charge in [-0.15, -0.1) is 11.3 Å². The lowest BCUT2D eigenvalue weighted by Crippen LogP contribution is -2.23. The molecule has 1 amide bonds. The van der Waals surface area contributed by atoms with Gasteiger partial charge in [0.05, 0.1) is 15.4 Å². The Morgan fingerprint density at radius 3 is 2.35 bits per heavy atom. The monoisotopic (exact) mass is 472 g/mol. The number of nitrogens with one attached hydrogen (secondary N) is 1. The summed E-state index contributed by atoms with van der Waals surface area (Å²) in [7, 11) is 0. The van der Waals surface area contributed by atoms with Crippen molar-refractivity contribution in [1.82, 2.24) is 10.3 Å². The summed E-state index contributed by atoms with van der Waals surface area (Å²) in [5.74, 6) is 0.536. The van der Waals surface area contributed by atoms with Gasteiger partial charge in [0.25, 0.3) is 5.91 Å². The van der Waals surface area contributed by atoms with Crippen molar-refractivity contribution >= 4 is 40.4 Å². The summed E-state index contributed by atoms with van der Waals surface area (Å²) in [6, 6.07) is 18.2. The van der Waals surface area contributed by atoms with E-state index in [4.69, 9.17) is 27.9 Å². The lowest BCUT2D eigenvalue weighted by molar-refractivity contribution is 0.0947. The van der Waals surface area contributed by atoms with Gasteiger partial charge in [0.15, 0.2) is 0 Å². The van der Waals surface area contributed by atoms with Gasteiger partial charge in [-0.05, 0) is 54.1 Å². The number of ether oxygens (including phenoxy) is 1. The number of aromatic nitrogens is 1. The van der Waals surface area contributed by atoms with Gasteiger partial charge in [0, 0.05) is 17.1 Å². The smallest absolute Gasteiger partial charge is 0.271 e. The maximum atomic E-state index is 13.0. The van der Waals surface area contributed by atoms with Crippen LogP contribution in [0.5, 0.6) is 11.5 Å². The van der Waals surface area contributed by atoms with E-state index in [-0.39, 0.29) is 11.7 Å². The second-order valence-corrected chi connectivity index (χ2v) is 8.24. The minimum absolute atomic E-state index is 0.297. The number of rotatable bonds is 6. The number of carbonyl (C=O) groups is 1. The molecular weight excluding hydrogens is 458 g/mol. The number of thiazole rings is 1. The Morgan fingerprint density at radius 1 is 1.00 bits per heavy atom. The van der Waals surface area contributed by atoms with Crippen LogP contribution in [0.4, 0.5) is 4.39 Å². The van der Waals surface area contributed by atoms with Crippen LogP contribution >= 0.6 is 34.5 Å². The quantitative estimate of drug-likeness (QED) is 0.329. The molecule has 0 saturated carbocycles. The lowest BCUT2D eigenvalue weighted by atomic mass is 10.1. The van der Waals surface area contributed by atoms with Gasteiger partial charge in [-0.25, -0.2) is 9.37 Å². The van der Waals surface area contributed by atoms with E-state index in [0.29, 0.717) is 44.2 Å². The van der Waals surface area contributed by atoms with Gasteiger partial charge >= 0.3 is 0 Å². The maximum Gasteiger partial charge on any atom is 0.271 e. The highest BCUT2D eigenvalue weighted by atomic mass is 35.5. The molecule has 0 saturated heterocycles. The van der Waals surface area contributed by atoms with Crippen LogP contribution < -0.4 is 10.1 Å². The van der Waals surface area contributed by atoms with E-state index >= 15 is 0 Å². The Kier molecular flexibility index (Phi) is 6.51. The average molecular weight is 473 g/mol. The number of benzene rings is 3. The van der Waals surface area contributed by atoms with Gasteiger partial charge in [-0.3, -0.25) is 4.79 Å². The molecule has 1 N–H and O–H groups in total. The molecule has 0 aliphatic carbocycles. The third kappa shape index (κ3) is 5.22. The van der Waals surface area contributed by atoms with Crippen molar-refractivity contribution < 1.29 is 13.9 Å². The Morgan fingerprint density at radius 2 is 1.68 bits per heavy atom. The molecule has 0 radical (unpaired) electrons. The summed E-state index contributed by atoms with van der Waals surface area (Å²) in [4.78, 5) is 17.6. The van der Waals surface area contributed by atoms with Crippen LogP contribution in [0, 0.1) is 5.82 Å². The highest BCUT2D eigenvalue weighted by molar-refractivity contribution is 7.13. The number of hydrogen-bond acceptors (Lipinski definition) is 4. The van der Waals surface area contributed by atoms with Crippen LogP contribution in [0.1, 0.15) is 16.1 Å². The van der Waals surface area contributed by atoms with Crippen molar-refractivity contribution in [2.45, 2.75) is 6.54 Å². The average Bonchev–Trinajstić information content (AvgIpc) is 3.24. The fourth-order valence-electron chi connectivity index (χ4n) is 2.85. The van der Waals surface area contributed by atoms with E-state index in [1.165, 1.54) is 23.5 Å². The van der Waals surface area contributed by atoms with Gasteiger partial charge in [-0.2, -0.15) is 0 Å². The van der Waals surface area contributed by atoms with Crippen molar-refractivity contribution in [3.8, 4) is 21.9 Å². The molecule has 0 spiro atoms. The number of halogens is 3. The van der Waals surface area contributed by atoms with Gasteiger partial charge in [0.1, 0.15) is 23.0 Å². The molecule has 31 heavy (non-hydrogen) atoms. The molecule has 0 bridgehead atoms. The van der Waals surface area contributed by atoms with Gasteiger partial charge < -0.3 is 10.1 Å². The van der Waals surface area contributed by atoms with Crippen molar-refractivity contribution in [1.29, 1.82) is 0 Å². The topological polar surface area (TPSA) is 51.2 Å². The summed E-state index contributed by atoms with van der Waals surface area (Å²) >= 11 is 13.6. The summed E-state index contributed by atoms with van der Waals surface area (Å²) in [6.07, 6.45) is 0. The number of carbonyl (C=O) groups excluding carboxylic acids is 1. The zero-order valence-corrected chi connectivity index (χ0v) is 18.3. The van der Waals surface area contributed by atoms with Crippen LogP contribution in [-0.4, -0.2) is 10.9 Å². The van der Waals surface area contributed by atoms with E-state index in [0.717, 1.165) is 5.56 Å². The molecule has 4 rings (SSSR count). The van der Waals surface area contributed by atoms with Crippen LogP contribution in [0.15, 0.2) is 72.2 Å². The highest BCUT2D eigenvalue weighted by Gasteiger charge is 2.18. The molecule has 4 aromatic rings. The zero-order valence-electron chi connectivity index (χ0n) is 15.9. The molecule has 1 aromatic heterocycles. The number of hydrogen-bond donors (Lipinski definition) is 1. The van der Waals surface area contributed by atoms with Crippen LogP contribution in [-0.2, 0) is 6.54 Å². The number of amides is 1. The first-order valence-electron chi connectivity index (χ1n) is 9.19. The van der Waals surface area contributed by atoms with Crippen molar-refractivity contribution in [3.05, 3.63) is 99.4 Å². The van der Waals surface area contributed by atoms with Crippen LogP contribution in [0.3, 0.4) is 0 Å². The minimum atomic E-state index is -0.319. The molecule has 0 unspecified atom stereocenters. The summed E-state index contributed by atoms with van der Waals surface area (Å²) in [5.41, 5.74) is 3.52. The second kappa shape index (κ2) is 9.47.